The molecule has 0 saturated heterocycles. The van der Waals surface area contributed by atoms with E-state index in [4.69, 9.17) is 5.11 Å². The molecular formula is C10H20O2. The van der Waals surface area contributed by atoms with E-state index in [0.717, 1.165) is 19.3 Å². The lowest BCUT2D eigenvalue weighted by Crippen LogP contribution is -2.20. The maximum atomic E-state index is 9.91. The van der Waals surface area contributed by atoms with E-state index in [-0.39, 0.29) is 12.0 Å². The molecule has 0 unspecified atom stereocenters. The van der Waals surface area contributed by atoms with Gasteiger partial charge in [-0.2, -0.15) is 0 Å². The van der Waals surface area contributed by atoms with Crippen molar-refractivity contribution in [1.82, 2.24) is 0 Å². The highest BCUT2D eigenvalue weighted by molar-refractivity contribution is 5.12. The van der Waals surface area contributed by atoms with Crippen LogP contribution in [0.3, 0.4) is 0 Å². The highest BCUT2D eigenvalue weighted by Gasteiger charge is 2.62. The second-order valence-electron chi connectivity index (χ2n) is 4.38. The summed E-state index contributed by atoms with van der Waals surface area (Å²) < 4.78 is 0. The van der Waals surface area contributed by atoms with Crippen molar-refractivity contribution < 1.29 is 10.2 Å². The van der Waals surface area contributed by atoms with Gasteiger partial charge in [-0.1, -0.05) is 33.1 Å². The van der Waals surface area contributed by atoms with Crippen LogP contribution in [0.15, 0.2) is 0 Å². The van der Waals surface area contributed by atoms with Crippen LogP contribution in [0.5, 0.6) is 0 Å². The molecule has 1 aliphatic carbocycles. The van der Waals surface area contributed by atoms with Crippen LogP contribution in [0.4, 0.5) is 0 Å². The topological polar surface area (TPSA) is 40.5 Å². The van der Waals surface area contributed by atoms with Crippen LogP contribution in [0, 0.1) is 5.41 Å². The monoisotopic (exact) mass is 172 g/mol. The number of hydrogen-bond donors (Lipinski definition) is 2. The summed E-state index contributed by atoms with van der Waals surface area (Å²) in [6.07, 6.45) is 5.09. The van der Waals surface area contributed by atoms with Gasteiger partial charge in [0.2, 0.25) is 0 Å². The molecular weight excluding hydrogens is 152 g/mol. The third kappa shape index (κ3) is 1.64. The van der Waals surface area contributed by atoms with Gasteiger partial charge in [-0.25, -0.2) is 0 Å². The van der Waals surface area contributed by atoms with Gasteiger partial charge in [0.25, 0.3) is 0 Å². The van der Waals surface area contributed by atoms with Crippen molar-refractivity contribution >= 4 is 0 Å². The maximum absolute atomic E-state index is 9.91. The Morgan fingerprint density at radius 3 is 2.42 bits per heavy atom. The van der Waals surface area contributed by atoms with Gasteiger partial charge in [0.1, 0.15) is 0 Å². The van der Waals surface area contributed by atoms with Crippen molar-refractivity contribution in [2.24, 2.45) is 5.41 Å². The van der Waals surface area contributed by atoms with Gasteiger partial charge in [0, 0.05) is 5.41 Å². The van der Waals surface area contributed by atoms with E-state index < -0.39 is 5.60 Å². The minimum absolute atomic E-state index is 0.121. The molecule has 0 radical (unpaired) electrons. The van der Waals surface area contributed by atoms with Crippen LogP contribution < -0.4 is 0 Å². The molecule has 1 fully saturated rings. The third-order valence-corrected chi connectivity index (χ3v) is 3.22. The van der Waals surface area contributed by atoms with Crippen molar-refractivity contribution in [3.8, 4) is 0 Å². The lowest BCUT2D eigenvalue weighted by Gasteiger charge is -2.14. The zero-order valence-electron chi connectivity index (χ0n) is 8.14. The Balaban J connectivity index is 2.25. The zero-order valence-corrected chi connectivity index (χ0v) is 8.14. The van der Waals surface area contributed by atoms with Crippen LogP contribution in [0.2, 0.25) is 0 Å². The van der Waals surface area contributed by atoms with E-state index >= 15 is 0 Å². The summed E-state index contributed by atoms with van der Waals surface area (Å²) in [5.41, 5.74) is -0.738. The minimum atomic E-state index is -0.545. The Bertz CT molecular complexity index is 158. The van der Waals surface area contributed by atoms with Crippen molar-refractivity contribution in [2.75, 3.05) is 6.61 Å². The maximum Gasteiger partial charge on any atom is 0.0731 e. The molecule has 0 aromatic carbocycles. The van der Waals surface area contributed by atoms with Crippen molar-refractivity contribution in [1.29, 1.82) is 0 Å². The summed E-state index contributed by atoms with van der Waals surface area (Å²) in [5, 5.41) is 18.9. The summed E-state index contributed by atoms with van der Waals surface area (Å²) in [6, 6.07) is 0. The molecule has 2 atom stereocenters. The Hall–Kier alpha value is -0.0800. The molecule has 0 amide bonds. The second-order valence-corrected chi connectivity index (χ2v) is 4.38. The van der Waals surface area contributed by atoms with E-state index in [1.54, 1.807) is 0 Å². The number of hydrogen-bond acceptors (Lipinski definition) is 2. The van der Waals surface area contributed by atoms with Crippen LogP contribution in [0.1, 0.15) is 46.0 Å². The normalized spacial score (nSPS) is 40.0. The molecule has 1 aliphatic rings. The van der Waals surface area contributed by atoms with Gasteiger partial charge in [0.05, 0.1) is 12.2 Å². The van der Waals surface area contributed by atoms with Crippen molar-refractivity contribution in [3.63, 3.8) is 0 Å². The van der Waals surface area contributed by atoms with Crippen LogP contribution >= 0.6 is 0 Å². The third-order valence-electron chi connectivity index (χ3n) is 3.22. The van der Waals surface area contributed by atoms with E-state index in [1.165, 1.54) is 12.8 Å². The molecule has 0 spiro atoms. The highest BCUT2D eigenvalue weighted by Crippen LogP contribution is 2.58. The van der Waals surface area contributed by atoms with Gasteiger partial charge >= 0.3 is 0 Å². The average Bonchev–Trinajstić information content (AvgIpc) is 2.57. The van der Waals surface area contributed by atoms with Gasteiger partial charge in [-0.3, -0.25) is 0 Å². The van der Waals surface area contributed by atoms with E-state index in [9.17, 15) is 5.11 Å². The first kappa shape index (κ1) is 10.0. The predicted molar refractivity (Wildman–Crippen MR) is 48.9 cm³/mol. The molecule has 2 nitrogen and oxygen atoms in total. The van der Waals surface area contributed by atoms with Gasteiger partial charge in [-0.15, -0.1) is 0 Å². The first-order chi connectivity index (χ1) is 5.58. The van der Waals surface area contributed by atoms with Gasteiger partial charge < -0.3 is 10.2 Å². The number of unbranched alkanes of at least 4 members (excludes halogenated alkanes) is 2. The number of aliphatic hydroxyl groups excluding tert-OH is 1. The summed E-state index contributed by atoms with van der Waals surface area (Å²) in [6.45, 7) is 4.23. The second kappa shape index (κ2) is 3.35. The summed E-state index contributed by atoms with van der Waals surface area (Å²) in [4.78, 5) is 0. The van der Waals surface area contributed by atoms with Crippen LogP contribution in [-0.2, 0) is 0 Å². The fraction of sp³-hybridized carbons (Fsp3) is 1.00. The van der Waals surface area contributed by atoms with E-state index in [2.05, 4.69) is 6.92 Å². The smallest absolute Gasteiger partial charge is 0.0731 e. The first-order valence-corrected chi connectivity index (χ1v) is 4.91. The lowest BCUT2D eigenvalue weighted by atomic mass is 10.0. The van der Waals surface area contributed by atoms with Crippen molar-refractivity contribution in [2.45, 2.75) is 51.6 Å². The standard InChI is InChI=1S/C10H20O2/c1-3-4-5-6-10(12)7-9(10,2)8-11/h11-12H,3-8H2,1-2H3/t9-,10+/m1/s1. The molecule has 2 heteroatoms. The van der Waals surface area contributed by atoms with E-state index in [1.807, 2.05) is 6.92 Å². The van der Waals surface area contributed by atoms with Crippen molar-refractivity contribution in [3.05, 3.63) is 0 Å². The Kier molecular flexibility index (Phi) is 2.79. The Morgan fingerprint density at radius 1 is 1.33 bits per heavy atom. The molecule has 0 heterocycles. The molecule has 0 aliphatic heterocycles. The number of rotatable bonds is 5. The van der Waals surface area contributed by atoms with Gasteiger partial charge in [-0.05, 0) is 12.8 Å². The molecule has 1 rings (SSSR count). The average molecular weight is 172 g/mol. The lowest BCUT2D eigenvalue weighted by molar-refractivity contribution is 0.0641. The fourth-order valence-electron chi connectivity index (χ4n) is 1.86. The summed E-state index contributed by atoms with van der Waals surface area (Å²) >= 11 is 0. The fourth-order valence-corrected chi connectivity index (χ4v) is 1.86. The summed E-state index contributed by atoms with van der Waals surface area (Å²) in [5.74, 6) is 0. The predicted octanol–water partition coefficient (Wildman–Crippen LogP) is 1.70. The van der Waals surface area contributed by atoms with Crippen LogP contribution in [0.25, 0.3) is 0 Å². The summed E-state index contributed by atoms with van der Waals surface area (Å²) in [7, 11) is 0. The molecule has 2 N–H and O–H groups in total. The molecule has 0 aromatic heterocycles. The highest BCUT2D eigenvalue weighted by atomic mass is 16.3. The first-order valence-electron chi connectivity index (χ1n) is 4.91. The minimum Gasteiger partial charge on any atom is -0.396 e. The van der Waals surface area contributed by atoms with Gasteiger partial charge in [0.15, 0.2) is 0 Å². The zero-order chi connectivity index (χ0) is 9.24. The molecule has 12 heavy (non-hydrogen) atoms. The number of aliphatic hydroxyl groups is 2. The molecule has 0 aromatic rings. The Labute approximate surface area is 74.6 Å². The molecule has 72 valence electrons. The molecule has 1 saturated carbocycles. The Morgan fingerprint density at radius 2 is 2.00 bits per heavy atom. The van der Waals surface area contributed by atoms with E-state index in [0.29, 0.717) is 0 Å². The largest absolute Gasteiger partial charge is 0.396 e. The quantitative estimate of drug-likeness (QED) is 0.620. The molecule has 0 bridgehead atoms. The van der Waals surface area contributed by atoms with Crippen LogP contribution in [-0.4, -0.2) is 22.4 Å². The SMILES string of the molecule is CCCCC[C@]1(O)C[C@]1(C)CO.